The molecule has 8 nitrogen and oxygen atoms in total. The van der Waals surface area contributed by atoms with Crippen LogP contribution in [0.1, 0.15) is 23.2 Å². The molecule has 8 heteroatoms. The summed E-state index contributed by atoms with van der Waals surface area (Å²) in [6.45, 7) is 3.84. The van der Waals surface area contributed by atoms with Crippen LogP contribution in [-0.2, 0) is 4.74 Å². The number of rotatable bonds is 6. The molecule has 0 aromatic heterocycles. The van der Waals surface area contributed by atoms with Gasteiger partial charge in [0.2, 0.25) is 0 Å². The molecule has 0 N–H and O–H groups in total. The van der Waals surface area contributed by atoms with Crippen LogP contribution in [0.3, 0.4) is 0 Å². The number of non-ortho nitro benzene ring substituents is 1. The van der Waals surface area contributed by atoms with E-state index in [2.05, 4.69) is 4.90 Å². The summed E-state index contributed by atoms with van der Waals surface area (Å²) in [6, 6.07) is 13.8. The Balaban J connectivity index is 1.32. The average molecular weight is 411 g/mol. The molecule has 2 saturated heterocycles. The highest BCUT2D eigenvalue weighted by Gasteiger charge is 2.23. The van der Waals surface area contributed by atoms with Gasteiger partial charge in [0.25, 0.3) is 11.6 Å². The second kappa shape index (κ2) is 9.13. The topological polar surface area (TPSA) is 85.2 Å². The molecule has 158 valence electrons. The fraction of sp³-hybridized carbons (Fsp3) is 0.409. The summed E-state index contributed by atoms with van der Waals surface area (Å²) in [5.74, 6) is 0.668. The number of nitro benzene ring substituents is 1. The summed E-state index contributed by atoms with van der Waals surface area (Å²) in [7, 11) is 0. The second-order valence-electron chi connectivity index (χ2n) is 7.53. The van der Waals surface area contributed by atoms with Crippen LogP contribution in [0.2, 0.25) is 0 Å². The zero-order valence-corrected chi connectivity index (χ0v) is 16.7. The van der Waals surface area contributed by atoms with Crippen LogP contribution in [0.15, 0.2) is 48.5 Å². The summed E-state index contributed by atoms with van der Waals surface area (Å²) < 4.78 is 11.4. The van der Waals surface area contributed by atoms with E-state index in [0.29, 0.717) is 44.1 Å². The van der Waals surface area contributed by atoms with Gasteiger partial charge >= 0.3 is 0 Å². The number of carbonyl (C=O) groups is 1. The van der Waals surface area contributed by atoms with Gasteiger partial charge in [0.15, 0.2) is 0 Å². The first-order chi connectivity index (χ1) is 14.6. The van der Waals surface area contributed by atoms with E-state index in [1.165, 1.54) is 12.1 Å². The van der Waals surface area contributed by atoms with Crippen LogP contribution >= 0.6 is 0 Å². The zero-order chi connectivity index (χ0) is 20.9. The maximum atomic E-state index is 12.9. The molecule has 0 spiro atoms. The van der Waals surface area contributed by atoms with Gasteiger partial charge < -0.3 is 19.3 Å². The number of piperazine rings is 1. The van der Waals surface area contributed by atoms with Crippen molar-refractivity contribution < 1.29 is 19.2 Å². The third-order valence-electron chi connectivity index (χ3n) is 5.53. The molecular weight excluding hydrogens is 386 g/mol. The summed E-state index contributed by atoms with van der Waals surface area (Å²) >= 11 is 0. The highest BCUT2D eigenvalue weighted by molar-refractivity contribution is 5.94. The van der Waals surface area contributed by atoms with Crippen molar-refractivity contribution in [3.8, 4) is 5.75 Å². The molecule has 2 aliphatic rings. The quantitative estimate of drug-likeness (QED) is 0.536. The number of amides is 1. The lowest BCUT2D eigenvalue weighted by Gasteiger charge is -2.36. The van der Waals surface area contributed by atoms with Crippen molar-refractivity contribution >= 4 is 17.3 Å². The number of ether oxygens (including phenoxy) is 2. The molecule has 2 heterocycles. The highest BCUT2D eigenvalue weighted by atomic mass is 16.6. The van der Waals surface area contributed by atoms with E-state index >= 15 is 0 Å². The molecule has 0 aliphatic carbocycles. The molecule has 2 aromatic carbocycles. The standard InChI is InChI=1S/C22H25N3O5/c26-22(17-3-1-4-20(15-17)30-16-21-5-2-14-29-21)24-12-10-23(11-13-24)18-6-8-19(9-7-18)25(27)28/h1,3-4,6-9,15,21H,2,5,10-14,16H2/t21-/m1/s1. The van der Waals surface area contributed by atoms with Crippen LogP contribution in [0.5, 0.6) is 5.75 Å². The van der Waals surface area contributed by atoms with E-state index in [4.69, 9.17) is 9.47 Å². The van der Waals surface area contributed by atoms with Gasteiger partial charge in [0.1, 0.15) is 12.4 Å². The highest BCUT2D eigenvalue weighted by Crippen LogP contribution is 2.22. The summed E-state index contributed by atoms with van der Waals surface area (Å²) in [6.07, 6.45) is 2.22. The molecule has 2 fully saturated rings. The Labute approximate surface area is 175 Å². The van der Waals surface area contributed by atoms with Gasteiger partial charge in [0.05, 0.1) is 11.0 Å². The molecular formula is C22H25N3O5. The summed E-state index contributed by atoms with van der Waals surface area (Å²) in [5.41, 5.74) is 1.62. The van der Waals surface area contributed by atoms with Crippen LogP contribution in [0.4, 0.5) is 11.4 Å². The van der Waals surface area contributed by atoms with Crippen molar-refractivity contribution in [2.45, 2.75) is 18.9 Å². The van der Waals surface area contributed by atoms with Gasteiger partial charge in [-0.1, -0.05) is 6.07 Å². The molecule has 30 heavy (non-hydrogen) atoms. The van der Waals surface area contributed by atoms with E-state index in [-0.39, 0.29) is 17.7 Å². The Kier molecular flexibility index (Phi) is 6.13. The molecule has 2 aromatic rings. The SMILES string of the molecule is O=C(c1cccc(OC[C@H]2CCCO2)c1)N1CCN(c2ccc([N+](=O)[O-])cc2)CC1. The second-order valence-corrected chi connectivity index (χ2v) is 7.53. The van der Waals surface area contributed by atoms with E-state index < -0.39 is 4.92 Å². The molecule has 2 aliphatic heterocycles. The summed E-state index contributed by atoms with van der Waals surface area (Å²) in [5, 5.41) is 10.8. The zero-order valence-electron chi connectivity index (χ0n) is 16.7. The van der Waals surface area contributed by atoms with Crippen molar-refractivity contribution in [2.75, 3.05) is 44.3 Å². The smallest absolute Gasteiger partial charge is 0.269 e. The molecule has 1 atom stereocenters. The van der Waals surface area contributed by atoms with Crippen molar-refractivity contribution in [3.63, 3.8) is 0 Å². The number of nitro groups is 1. The van der Waals surface area contributed by atoms with E-state index in [1.807, 2.05) is 23.1 Å². The fourth-order valence-electron chi connectivity index (χ4n) is 3.82. The minimum atomic E-state index is -0.404. The first kappa shape index (κ1) is 20.2. The van der Waals surface area contributed by atoms with Crippen molar-refractivity contribution in [3.05, 3.63) is 64.2 Å². The largest absolute Gasteiger partial charge is 0.491 e. The third kappa shape index (κ3) is 4.71. The third-order valence-corrected chi connectivity index (χ3v) is 5.53. The molecule has 0 saturated carbocycles. The molecule has 4 rings (SSSR count). The van der Waals surface area contributed by atoms with Crippen molar-refractivity contribution in [2.24, 2.45) is 0 Å². The van der Waals surface area contributed by atoms with Crippen LogP contribution in [0.25, 0.3) is 0 Å². The number of benzene rings is 2. The number of hydrogen-bond donors (Lipinski definition) is 0. The maximum Gasteiger partial charge on any atom is 0.269 e. The lowest BCUT2D eigenvalue weighted by molar-refractivity contribution is -0.384. The maximum absolute atomic E-state index is 12.9. The normalized spacial score (nSPS) is 19.0. The fourth-order valence-corrected chi connectivity index (χ4v) is 3.82. The lowest BCUT2D eigenvalue weighted by atomic mass is 10.1. The minimum absolute atomic E-state index is 0.0130. The monoisotopic (exact) mass is 411 g/mol. The molecule has 0 bridgehead atoms. The number of carbonyl (C=O) groups excluding carboxylic acids is 1. The first-order valence-corrected chi connectivity index (χ1v) is 10.2. The number of hydrogen-bond acceptors (Lipinski definition) is 6. The van der Waals surface area contributed by atoms with Crippen molar-refractivity contribution in [1.29, 1.82) is 0 Å². The van der Waals surface area contributed by atoms with Gasteiger partial charge in [-0.2, -0.15) is 0 Å². The first-order valence-electron chi connectivity index (χ1n) is 10.2. The minimum Gasteiger partial charge on any atom is -0.491 e. The van der Waals surface area contributed by atoms with Gasteiger partial charge in [-0.25, -0.2) is 0 Å². The molecule has 1 amide bonds. The Morgan fingerprint density at radius 3 is 2.57 bits per heavy atom. The van der Waals surface area contributed by atoms with Crippen LogP contribution in [0, 0.1) is 10.1 Å². The average Bonchev–Trinajstić information content (AvgIpc) is 3.31. The van der Waals surface area contributed by atoms with Gasteiger partial charge in [0, 0.05) is 56.2 Å². The van der Waals surface area contributed by atoms with E-state index in [1.54, 1.807) is 18.2 Å². The number of anilines is 1. The number of nitrogens with zero attached hydrogens (tertiary/aromatic N) is 3. The Morgan fingerprint density at radius 2 is 1.90 bits per heavy atom. The summed E-state index contributed by atoms with van der Waals surface area (Å²) in [4.78, 5) is 27.3. The van der Waals surface area contributed by atoms with Crippen molar-refractivity contribution in [1.82, 2.24) is 4.90 Å². The Bertz CT molecular complexity index is 888. The lowest BCUT2D eigenvalue weighted by Crippen LogP contribution is -2.48. The van der Waals surface area contributed by atoms with Crippen LogP contribution in [-0.4, -0.2) is 61.2 Å². The van der Waals surface area contributed by atoms with E-state index in [9.17, 15) is 14.9 Å². The predicted molar refractivity (Wildman–Crippen MR) is 112 cm³/mol. The predicted octanol–water partition coefficient (Wildman–Crippen LogP) is 3.12. The Hall–Kier alpha value is -3.13. The van der Waals surface area contributed by atoms with E-state index in [0.717, 1.165) is 25.1 Å². The van der Waals surface area contributed by atoms with Gasteiger partial charge in [-0.15, -0.1) is 0 Å². The van der Waals surface area contributed by atoms with Gasteiger partial charge in [-0.3, -0.25) is 14.9 Å². The molecule has 0 radical (unpaired) electrons. The molecule has 0 unspecified atom stereocenters. The van der Waals surface area contributed by atoms with Gasteiger partial charge in [-0.05, 0) is 43.2 Å². The Morgan fingerprint density at radius 1 is 1.13 bits per heavy atom. The van der Waals surface area contributed by atoms with Crippen LogP contribution < -0.4 is 9.64 Å².